The number of anilines is 1. The zero-order valence-electron chi connectivity index (χ0n) is 9.66. The van der Waals surface area contributed by atoms with Gasteiger partial charge in [0.15, 0.2) is 0 Å². The van der Waals surface area contributed by atoms with Gasteiger partial charge in [0.1, 0.15) is 5.84 Å². The molecule has 0 amide bonds. The molecule has 0 spiro atoms. The summed E-state index contributed by atoms with van der Waals surface area (Å²) < 4.78 is 0. The van der Waals surface area contributed by atoms with E-state index < -0.39 is 0 Å². The molecule has 16 heavy (non-hydrogen) atoms. The van der Waals surface area contributed by atoms with Crippen LogP contribution >= 0.6 is 0 Å². The van der Waals surface area contributed by atoms with Gasteiger partial charge in [-0.2, -0.15) is 0 Å². The minimum atomic E-state index is 0.0977. The lowest BCUT2D eigenvalue weighted by Gasteiger charge is -2.17. The van der Waals surface area contributed by atoms with E-state index in [-0.39, 0.29) is 5.84 Å². The molecule has 0 saturated carbocycles. The predicted octanol–water partition coefficient (Wildman–Crippen LogP) is 1.51. The van der Waals surface area contributed by atoms with Crippen molar-refractivity contribution in [1.82, 2.24) is 0 Å². The van der Waals surface area contributed by atoms with Crippen LogP contribution in [0.15, 0.2) is 24.3 Å². The summed E-state index contributed by atoms with van der Waals surface area (Å²) in [5, 5.41) is 10.7. The lowest BCUT2D eigenvalue weighted by atomic mass is 10.1. The van der Waals surface area contributed by atoms with Gasteiger partial charge >= 0.3 is 0 Å². The highest BCUT2D eigenvalue weighted by Crippen LogP contribution is 2.12. The first-order valence-corrected chi connectivity index (χ1v) is 5.58. The zero-order chi connectivity index (χ0) is 12.0. The standard InChI is InChI=1S/C12H20N4/c1-2-10(7-8-13)16-11-5-3-9(4-6-11)12(14)15/h3-6,10,16H,2,7-8,13H2,1H3,(H3,14,15). The lowest BCUT2D eigenvalue weighted by molar-refractivity contribution is 0.642. The zero-order valence-corrected chi connectivity index (χ0v) is 9.66. The Morgan fingerprint density at radius 3 is 2.44 bits per heavy atom. The van der Waals surface area contributed by atoms with Gasteiger partial charge in [-0.25, -0.2) is 0 Å². The minimum absolute atomic E-state index is 0.0977. The van der Waals surface area contributed by atoms with Crippen LogP contribution in [-0.2, 0) is 0 Å². The van der Waals surface area contributed by atoms with E-state index in [1.807, 2.05) is 24.3 Å². The first-order chi connectivity index (χ1) is 7.67. The number of nitrogens with one attached hydrogen (secondary N) is 2. The lowest BCUT2D eigenvalue weighted by Crippen LogP contribution is -2.22. The first kappa shape index (κ1) is 12.5. The number of amidine groups is 1. The van der Waals surface area contributed by atoms with Crippen molar-refractivity contribution in [2.75, 3.05) is 11.9 Å². The molecule has 1 aromatic rings. The Labute approximate surface area is 96.5 Å². The molecule has 88 valence electrons. The Bertz CT molecular complexity index is 331. The third-order valence-corrected chi connectivity index (χ3v) is 2.57. The summed E-state index contributed by atoms with van der Waals surface area (Å²) in [7, 11) is 0. The van der Waals surface area contributed by atoms with Crippen LogP contribution in [-0.4, -0.2) is 18.4 Å². The SMILES string of the molecule is CCC(CCN)Nc1ccc(C(=N)N)cc1. The Kier molecular flexibility index (Phi) is 4.79. The van der Waals surface area contributed by atoms with E-state index in [4.69, 9.17) is 16.9 Å². The van der Waals surface area contributed by atoms with Gasteiger partial charge in [0.2, 0.25) is 0 Å². The molecule has 0 saturated heterocycles. The van der Waals surface area contributed by atoms with E-state index in [0.717, 1.165) is 24.1 Å². The summed E-state index contributed by atoms with van der Waals surface area (Å²) in [6.45, 7) is 2.83. The van der Waals surface area contributed by atoms with E-state index in [2.05, 4.69) is 12.2 Å². The largest absolute Gasteiger partial charge is 0.384 e. The summed E-state index contributed by atoms with van der Waals surface area (Å²) in [6, 6.07) is 7.99. The fourth-order valence-corrected chi connectivity index (χ4v) is 1.56. The van der Waals surface area contributed by atoms with Crippen molar-refractivity contribution in [2.24, 2.45) is 11.5 Å². The van der Waals surface area contributed by atoms with Gasteiger partial charge in [-0.05, 0) is 43.7 Å². The van der Waals surface area contributed by atoms with Crippen LogP contribution in [0.25, 0.3) is 0 Å². The van der Waals surface area contributed by atoms with Crippen LogP contribution < -0.4 is 16.8 Å². The van der Waals surface area contributed by atoms with Crippen molar-refractivity contribution in [3.63, 3.8) is 0 Å². The average Bonchev–Trinajstić information content (AvgIpc) is 2.29. The second-order valence-electron chi connectivity index (χ2n) is 3.82. The molecule has 0 aliphatic carbocycles. The molecule has 0 aromatic heterocycles. The Morgan fingerprint density at radius 1 is 1.38 bits per heavy atom. The topological polar surface area (TPSA) is 87.9 Å². The minimum Gasteiger partial charge on any atom is -0.384 e. The molecule has 0 fully saturated rings. The number of nitrogen functional groups attached to an aromatic ring is 1. The third kappa shape index (κ3) is 3.55. The highest BCUT2D eigenvalue weighted by Gasteiger charge is 2.04. The fourth-order valence-electron chi connectivity index (χ4n) is 1.56. The van der Waals surface area contributed by atoms with Crippen molar-refractivity contribution in [2.45, 2.75) is 25.8 Å². The Balaban J connectivity index is 2.63. The molecule has 1 aromatic carbocycles. The van der Waals surface area contributed by atoms with Crippen LogP contribution in [0.1, 0.15) is 25.3 Å². The van der Waals surface area contributed by atoms with Crippen molar-refractivity contribution in [3.05, 3.63) is 29.8 Å². The molecule has 4 nitrogen and oxygen atoms in total. The van der Waals surface area contributed by atoms with Crippen LogP contribution in [0.2, 0.25) is 0 Å². The smallest absolute Gasteiger partial charge is 0.122 e. The van der Waals surface area contributed by atoms with Crippen LogP contribution in [0, 0.1) is 5.41 Å². The maximum absolute atomic E-state index is 7.29. The van der Waals surface area contributed by atoms with Crippen LogP contribution in [0.4, 0.5) is 5.69 Å². The molecular formula is C12H20N4. The highest BCUT2D eigenvalue weighted by atomic mass is 14.9. The van der Waals surface area contributed by atoms with Crippen molar-refractivity contribution in [3.8, 4) is 0 Å². The quantitative estimate of drug-likeness (QED) is 0.433. The Morgan fingerprint density at radius 2 is 2.00 bits per heavy atom. The molecule has 4 heteroatoms. The van der Waals surface area contributed by atoms with E-state index in [1.165, 1.54) is 0 Å². The summed E-state index contributed by atoms with van der Waals surface area (Å²) >= 11 is 0. The van der Waals surface area contributed by atoms with Crippen molar-refractivity contribution < 1.29 is 0 Å². The van der Waals surface area contributed by atoms with Crippen molar-refractivity contribution >= 4 is 11.5 Å². The summed E-state index contributed by atoms with van der Waals surface area (Å²) in [6.07, 6.45) is 2.01. The molecule has 1 rings (SSSR count). The Hall–Kier alpha value is -1.55. The van der Waals surface area contributed by atoms with Gasteiger partial charge in [0.25, 0.3) is 0 Å². The van der Waals surface area contributed by atoms with Gasteiger partial charge in [-0.1, -0.05) is 6.92 Å². The molecular weight excluding hydrogens is 200 g/mol. The van der Waals surface area contributed by atoms with Gasteiger partial charge in [-0.3, -0.25) is 5.41 Å². The second-order valence-corrected chi connectivity index (χ2v) is 3.82. The summed E-state index contributed by atoms with van der Waals surface area (Å²) in [5.74, 6) is 0.0977. The van der Waals surface area contributed by atoms with Crippen molar-refractivity contribution in [1.29, 1.82) is 5.41 Å². The van der Waals surface area contributed by atoms with E-state index in [1.54, 1.807) is 0 Å². The fraction of sp³-hybridized carbons (Fsp3) is 0.417. The molecule has 1 atom stereocenters. The van der Waals surface area contributed by atoms with Gasteiger partial charge in [0, 0.05) is 17.3 Å². The van der Waals surface area contributed by atoms with E-state index >= 15 is 0 Å². The molecule has 0 heterocycles. The number of benzene rings is 1. The van der Waals surface area contributed by atoms with Crippen LogP contribution in [0.3, 0.4) is 0 Å². The summed E-state index contributed by atoms with van der Waals surface area (Å²) in [4.78, 5) is 0. The van der Waals surface area contributed by atoms with E-state index in [0.29, 0.717) is 12.6 Å². The second kappa shape index (κ2) is 6.12. The van der Waals surface area contributed by atoms with Gasteiger partial charge < -0.3 is 16.8 Å². The molecule has 0 radical (unpaired) electrons. The third-order valence-electron chi connectivity index (χ3n) is 2.57. The van der Waals surface area contributed by atoms with Gasteiger partial charge in [0.05, 0.1) is 0 Å². The molecule has 0 bridgehead atoms. The van der Waals surface area contributed by atoms with Crippen LogP contribution in [0.5, 0.6) is 0 Å². The molecule has 0 aliphatic heterocycles. The predicted molar refractivity (Wildman–Crippen MR) is 68.8 cm³/mol. The maximum Gasteiger partial charge on any atom is 0.122 e. The first-order valence-electron chi connectivity index (χ1n) is 5.58. The maximum atomic E-state index is 7.29. The number of hydrogen-bond donors (Lipinski definition) is 4. The monoisotopic (exact) mass is 220 g/mol. The molecule has 1 unspecified atom stereocenters. The number of hydrogen-bond acceptors (Lipinski definition) is 3. The number of nitrogens with two attached hydrogens (primary N) is 2. The molecule has 0 aliphatic rings. The number of rotatable bonds is 6. The normalized spacial score (nSPS) is 12.1. The van der Waals surface area contributed by atoms with E-state index in [9.17, 15) is 0 Å². The average molecular weight is 220 g/mol. The molecule has 6 N–H and O–H groups in total. The summed E-state index contributed by atoms with van der Waals surface area (Å²) in [5.41, 5.74) is 12.7. The highest BCUT2D eigenvalue weighted by molar-refractivity contribution is 5.95. The van der Waals surface area contributed by atoms with Gasteiger partial charge in [-0.15, -0.1) is 0 Å².